The summed E-state index contributed by atoms with van der Waals surface area (Å²) in [7, 11) is 0. The SMILES string of the molecule is Cc1cc(Br)c(I)c(C(=O)CCl)c1. The van der Waals surface area contributed by atoms with E-state index in [4.69, 9.17) is 11.6 Å². The third kappa shape index (κ3) is 2.67. The zero-order valence-electron chi connectivity index (χ0n) is 6.90. The predicted molar refractivity (Wildman–Crippen MR) is 66.6 cm³/mol. The maximum absolute atomic E-state index is 11.4. The first-order chi connectivity index (χ1) is 6.06. The van der Waals surface area contributed by atoms with Gasteiger partial charge in [-0.1, -0.05) is 0 Å². The van der Waals surface area contributed by atoms with Gasteiger partial charge in [-0.2, -0.15) is 0 Å². The minimum Gasteiger partial charge on any atom is -0.293 e. The van der Waals surface area contributed by atoms with E-state index >= 15 is 0 Å². The number of halogens is 3. The lowest BCUT2D eigenvalue weighted by Crippen LogP contribution is -2.04. The molecule has 0 heterocycles. The van der Waals surface area contributed by atoms with E-state index in [9.17, 15) is 4.79 Å². The Morgan fingerprint density at radius 1 is 1.62 bits per heavy atom. The normalized spacial score (nSPS) is 10.2. The number of benzene rings is 1. The van der Waals surface area contributed by atoms with Gasteiger partial charge in [0.2, 0.25) is 0 Å². The Bertz CT molecular complexity index is 352. The standard InChI is InChI=1S/C9H7BrClIO/c1-5-2-6(8(13)4-11)9(12)7(10)3-5/h2-3H,4H2,1H3. The van der Waals surface area contributed by atoms with Crippen LogP contribution in [0.1, 0.15) is 15.9 Å². The molecule has 1 aromatic rings. The molecule has 0 spiro atoms. The van der Waals surface area contributed by atoms with Crippen molar-refractivity contribution >= 4 is 55.9 Å². The van der Waals surface area contributed by atoms with Crippen LogP contribution in [0, 0.1) is 10.5 Å². The second-order valence-corrected chi connectivity index (χ2v) is 4.87. The summed E-state index contributed by atoms with van der Waals surface area (Å²) in [5.74, 6) is 0.00165. The molecular formula is C9H7BrClIO. The van der Waals surface area contributed by atoms with Gasteiger partial charge in [0.1, 0.15) is 0 Å². The fourth-order valence-corrected chi connectivity index (χ4v) is 2.33. The molecule has 1 rings (SSSR count). The van der Waals surface area contributed by atoms with Crippen LogP contribution in [0.25, 0.3) is 0 Å². The number of carbonyl (C=O) groups excluding carboxylic acids is 1. The highest BCUT2D eigenvalue weighted by Gasteiger charge is 2.11. The van der Waals surface area contributed by atoms with E-state index in [2.05, 4.69) is 38.5 Å². The Labute approximate surface area is 104 Å². The maximum Gasteiger partial charge on any atom is 0.178 e. The first-order valence-corrected chi connectivity index (χ1v) is 6.01. The lowest BCUT2D eigenvalue weighted by atomic mass is 10.1. The van der Waals surface area contributed by atoms with Crippen molar-refractivity contribution < 1.29 is 4.79 Å². The third-order valence-corrected chi connectivity index (χ3v) is 4.37. The van der Waals surface area contributed by atoms with Crippen molar-refractivity contribution in [2.24, 2.45) is 0 Å². The van der Waals surface area contributed by atoms with Gasteiger partial charge in [0.15, 0.2) is 5.78 Å². The fraction of sp³-hybridized carbons (Fsp3) is 0.222. The average molecular weight is 373 g/mol. The van der Waals surface area contributed by atoms with Crippen LogP contribution in [0.5, 0.6) is 0 Å². The molecule has 1 nitrogen and oxygen atoms in total. The molecule has 4 heteroatoms. The highest BCUT2D eigenvalue weighted by Crippen LogP contribution is 2.25. The lowest BCUT2D eigenvalue weighted by Gasteiger charge is -2.05. The van der Waals surface area contributed by atoms with E-state index in [-0.39, 0.29) is 11.7 Å². The quantitative estimate of drug-likeness (QED) is 0.438. The molecule has 0 atom stereocenters. The number of carbonyl (C=O) groups is 1. The van der Waals surface area contributed by atoms with Gasteiger partial charge >= 0.3 is 0 Å². The Balaban J connectivity index is 3.28. The van der Waals surface area contributed by atoms with Gasteiger partial charge in [-0.15, -0.1) is 11.6 Å². The second kappa shape index (κ2) is 4.75. The Kier molecular flexibility index (Phi) is 4.19. The molecule has 0 N–H and O–H groups in total. The number of hydrogen-bond donors (Lipinski definition) is 0. The van der Waals surface area contributed by atoms with Crippen molar-refractivity contribution in [3.05, 3.63) is 31.3 Å². The number of Topliss-reactive ketones (excluding diaryl/α,β-unsaturated/α-hetero) is 1. The molecule has 70 valence electrons. The second-order valence-electron chi connectivity index (χ2n) is 2.67. The van der Waals surface area contributed by atoms with E-state index in [0.29, 0.717) is 5.56 Å². The summed E-state index contributed by atoms with van der Waals surface area (Å²) < 4.78 is 1.87. The molecule has 0 unspecified atom stereocenters. The van der Waals surface area contributed by atoms with Crippen molar-refractivity contribution in [1.29, 1.82) is 0 Å². The molecule has 1 aromatic carbocycles. The monoisotopic (exact) mass is 372 g/mol. The summed E-state index contributed by atoms with van der Waals surface area (Å²) >= 11 is 11.0. The van der Waals surface area contributed by atoms with Crippen molar-refractivity contribution in [1.82, 2.24) is 0 Å². The van der Waals surface area contributed by atoms with Crippen LogP contribution in [-0.4, -0.2) is 11.7 Å². The summed E-state index contributed by atoms with van der Waals surface area (Å²) in [5.41, 5.74) is 1.75. The Morgan fingerprint density at radius 2 is 2.23 bits per heavy atom. The zero-order valence-corrected chi connectivity index (χ0v) is 11.4. The first kappa shape index (κ1) is 11.5. The Morgan fingerprint density at radius 3 is 2.77 bits per heavy atom. The van der Waals surface area contributed by atoms with E-state index in [0.717, 1.165) is 13.6 Å². The topological polar surface area (TPSA) is 17.1 Å². The van der Waals surface area contributed by atoms with Gasteiger partial charge in [-0.3, -0.25) is 4.79 Å². The van der Waals surface area contributed by atoms with E-state index in [1.807, 2.05) is 19.1 Å². The van der Waals surface area contributed by atoms with Gasteiger partial charge < -0.3 is 0 Å². The maximum atomic E-state index is 11.4. The van der Waals surface area contributed by atoms with Gasteiger partial charge in [0, 0.05) is 13.6 Å². The van der Waals surface area contributed by atoms with E-state index in [1.165, 1.54) is 0 Å². The number of ketones is 1. The van der Waals surface area contributed by atoms with Gasteiger partial charge in [0.05, 0.1) is 5.88 Å². The fourth-order valence-electron chi connectivity index (χ4n) is 0.999. The van der Waals surface area contributed by atoms with Crippen LogP contribution in [0.2, 0.25) is 0 Å². The first-order valence-electron chi connectivity index (χ1n) is 3.61. The van der Waals surface area contributed by atoms with Crippen LogP contribution in [0.4, 0.5) is 0 Å². The molecule has 0 aliphatic heterocycles. The summed E-state index contributed by atoms with van der Waals surface area (Å²) in [6.07, 6.45) is 0. The highest BCUT2D eigenvalue weighted by atomic mass is 127. The molecule has 0 radical (unpaired) electrons. The summed E-state index contributed by atoms with van der Waals surface area (Å²) in [6, 6.07) is 3.84. The predicted octanol–water partition coefficient (Wildman–Crippen LogP) is 3.78. The number of hydrogen-bond acceptors (Lipinski definition) is 1. The largest absolute Gasteiger partial charge is 0.293 e. The number of aryl methyl sites for hydroxylation is 1. The molecule has 0 bridgehead atoms. The lowest BCUT2D eigenvalue weighted by molar-refractivity contribution is 0.102. The minimum absolute atomic E-state index is 0.0320. The van der Waals surface area contributed by atoms with Crippen LogP contribution >= 0.6 is 50.1 Å². The van der Waals surface area contributed by atoms with Gasteiger partial charge in [0.25, 0.3) is 0 Å². The summed E-state index contributed by atoms with van der Waals surface area (Å²) in [6.45, 7) is 1.95. The highest BCUT2D eigenvalue weighted by molar-refractivity contribution is 14.1. The molecule has 0 amide bonds. The van der Waals surface area contributed by atoms with Crippen molar-refractivity contribution in [2.45, 2.75) is 6.92 Å². The molecule has 13 heavy (non-hydrogen) atoms. The molecule has 0 saturated heterocycles. The molecule has 0 aliphatic carbocycles. The zero-order chi connectivity index (χ0) is 10.0. The minimum atomic E-state index is -0.0320. The molecular weight excluding hydrogens is 366 g/mol. The van der Waals surface area contributed by atoms with Crippen molar-refractivity contribution in [3.8, 4) is 0 Å². The smallest absolute Gasteiger partial charge is 0.178 e. The molecule has 0 aliphatic rings. The third-order valence-electron chi connectivity index (χ3n) is 1.59. The summed E-state index contributed by atoms with van der Waals surface area (Å²) in [4.78, 5) is 11.4. The van der Waals surface area contributed by atoms with Crippen LogP contribution in [-0.2, 0) is 0 Å². The van der Waals surface area contributed by atoms with Crippen LogP contribution in [0.15, 0.2) is 16.6 Å². The number of alkyl halides is 1. The molecule has 0 fully saturated rings. The van der Waals surface area contributed by atoms with Gasteiger partial charge in [-0.05, 0) is 63.1 Å². The van der Waals surface area contributed by atoms with Crippen LogP contribution < -0.4 is 0 Å². The average Bonchev–Trinajstić information content (AvgIpc) is 2.10. The van der Waals surface area contributed by atoms with E-state index in [1.54, 1.807) is 0 Å². The van der Waals surface area contributed by atoms with Crippen molar-refractivity contribution in [2.75, 3.05) is 5.88 Å². The van der Waals surface area contributed by atoms with E-state index < -0.39 is 0 Å². The van der Waals surface area contributed by atoms with Crippen LogP contribution in [0.3, 0.4) is 0 Å². The molecule has 0 saturated carbocycles. The van der Waals surface area contributed by atoms with Crippen molar-refractivity contribution in [3.63, 3.8) is 0 Å². The number of rotatable bonds is 2. The van der Waals surface area contributed by atoms with Gasteiger partial charge in [-0.25, -0.2) is 0 Å². The molecule has 0 aromatic heterocycles. The Hall–Kier alpha value is 0.390. The summed E-state index contributed by atoms with van der Waals surface area (Å²) in [5, 5.41) is 0.